The SMILES string of the molecule is CC(C)CCC(C)COC(=O)c1cc2ccc1-2.CC(C)CCC(C)COC(=O)c1ccccc1. The van der Waals surface area contributed by atoms with Gasteiger partial charge in [-0.05, 0) is 65.8 Å². The number of benzene rings is 2. The van der Waals surface area contributed by atoms with Crippen molar-refractivity contribution < 1.29 is 19.1 Å². The molecule has 0 fully saturated rings. The highest BCUT2D eigenvalue weighted by molar-refractivity contribution is 6.04. The minimum atomic E-state index is -0.220. The van der Waals surface area contributed by atoms with Crippen LogP contribution in [-0.2, 0) is 9.47 Å². The number of rotatable bonds is 12. The third-order valence-corrected chi connectivity index (χ3v) is 6.03. The van der Waals surface area contributed by atoms with Gasteiger partial charge in [0.25, 0.3) is 0 Å². The Morgan fingerprint density at radius 2 is 1.21 bits per heavy atom. The fraction of sp³-hybridized carbons (Fsp3) is 0.533. The van der Waals surface area contributed by atoms with Crippen molar-refractivity contribution in [3.05, 3.63) is 59.7 Å². The van der Waals surface area contributed by atoms with E-state index in [0.29, 0.717) is 36.5 Å². The van der Waals surface area contributed by atoms with E-state index in [9.17, 15) is 9.59 Å². The van der Waals surface area contributed by atoms with Gasteiger partial charge in [-0.2, -0.15) is 0 Å². The Balaban J connectivity index is 0.000000240. The molecular formula is C30H42O4. The van der Waals surface area contributed by atoms with E-state index in [2.05, 4.69) is 41.5 Å². The molecule has 1 aromatic carbocycles. The number of carbonyl (C=O) groups excluding carboxylic acids is 2. The van der Waals surface area contributed by atoms with Crippen molar-refractivity contribution in [1.82, 2.24) is 0 Å². The monoisotopic (exact) mass is 466 g/mol. The van der Waals surface area contributed by atoms with Crippen LogP contribution in [0.25, 0.3) is 11.1 Å². The van der Waals surface area contributed by atoms with Crippen LogP contribution in [0.4, 0.5) is 0 Å². The van der Waals surface area contributed by atoms with Crippen LogP contribution in [-0.4, -0.2) is 25.2 Å². The summed E-state index contributed by atoms with van der Waals surface area (Å²) < 4.78 is 10.6. The first kappa shape index (κ1) is 27.6. The molecule has 34 heavy (non-hydrogen) atoms. The van der Waals surface area contributed by atoms with Crippen LogP contribution < -0.4 is 0 Å². The molecule has 2 atom stereocenters. The zero-order chi connectivity index (χ0) is 25.1. The highest BCUT2D eigenvalue weighted by Gasteiger charge is 2.23. The molecule has 0 bridgehead atoms. The van der Waals surface area contributed by atoms with Gasteiger partial charge in [-0.1, -0.05) is 84.7 Å². The molecule has 0 saturated heterocycles. The molecule has 0 amide bonds. The van der Waals surface area contributed by atoms with Crippen molar-refractivity contribution in [3.8, 4) is 11.1 Å². The van der Waals surface area contributed by atoms with Crippen molar-refractivity contribution >= 4 is 11.9 Å². The average Bonchev–Trinajstić information content (AvgIpc) is 2.80. The van der Waals surface area contributed by atoms with Crippen LogP contribution in [0.3, 0.4) is 0 Å². The second-order valence-electron chi connectivity index (χ2n) is 10.5. The molecule has 2 aliphatic carbocycles. The second-order valence-corrected chi connectivity index (χ2v) is 10.5. The smallest absolute Gasteiger partial charge is 0.338 e. The fourth-order valence-electron chi connectivity index (χ4n) is 3.53. The Morgan fingerprint density at radius 3 is 1.62 bits per heavy atom. The van der Waals surface area contributed by atoms with Gasteiger partial charge in [0, 0.05) is 0 Å². The number of ether oxygens (including phenoxy) is 2. The summed E-state index contributed by atoms with van der Waals surface area (Å²) in [6, 6.07) is 15.0. The van der Waals surface area contributed by atoms with Crippen LogP contribution in [0, 0.1) is 23.7 Å². The van der Waals surface area contributed by atoms with Crippen LogP contribution in [0.5, 0.6) is 0 Å². The maximum atomic E-state index is 11.7. The standard InChI is InChI=1S/C15H20O2.C15H22O2/c1-10(2)4-5-11(3)9-17-15(16)14-8-12-6-7-13(12)14;1-12(2)9-10-13(3)11-17-15(16)14-7-5-4-6-8-14/h6-8,10-11H,4-5,9H2,1-3H3;4-8,12-13H,9-11H2,1-3H3. The van der Waals surface area contributed by atoms with E-state index in [0.717, 1.165) is 29.9 Å². The Hall–Kier alpha value is -2.62. The van der Waals surface area contributed by atoms with Gasteiger partial charge in [-0.3, -0.25) is 0 Å². The number of fused-ring (bicyclic) bond motifs is 1. The fourth-order valence-corrected chi connectivity index (χ4v) is 3.53. The van der Waals surface area contributed by atoms with E-state index in [1.807, 2.05) is 36.4 Å². The lowest BCUT2D eigenvalue weighted by Crippen LogP contribution is -2.16. The summed E-state index contributed by atoms with van der Waals surface area (Å²) in [5, 5.41) is 0. The molecule has 186 valence electrons. The number of carbonyl (C=O) groups is 2. The first-order chi connectivity index (χ1) is 16.2. The zero-order valence-electron chi connectivity index (χ0n) is 21.8. The van der Waals surface area contributed by atoms with Crippen molar-refractivity contribution in [2.45, 2.75) is 67.2 Å². The van der Waals surface area contributed by atoms with E-state index >= 15 is 0 Å². The number of hydrogen-bond donors (Lipinski definition) is 0. The molecule has 0 radical (unpaired) electrons. The normalized spacial score (nSPS) is 13.1. The largest absolute Gasteiger partial charge is 0.462 e. The summed E-state index contributed by atoms with van der Waals surface area (Å²) in [4.78, 5) is 23.4. The van der Waals surface area contributed by atoms with Gasteiger partial charge >= 0.3 is 11.9 Å². The highest BCUT2D eigenvalue weighted by Crippen LogP contribution is 2.36. The predicted octanol–water partition coefficient (Wildman–Crippen LogP) is 7.81. The van der Waals surface area contributed by atoms with Crippen molar-refractivity contribution in [2.24, 2.45) is 23.7 Å². The maximum Gasteiger partial charge on any atom is 0.338 e. The first-order valence-corrected chi connectivity index (χ1v) is 12.7. The minimum absolute atomic E-state index is 0.163. The van der Waals surface area contributed by atoms with Gasteiger partial charge in [0.2, 0.25) is 0 Å². The number of hydrogen-bond acceptors (Lipinski definition) is 4. The average molecular weight is 467 g/mol. The zero-order valence-corrected chi connectivity index (χ0v) is 21.8. The Morgan fingerprint density at radius 1 is 0.676 bits per heavy atom. The van der Waals surface area contributed by atoms with Gasteiger partial charge in [0.1, 0.15) is 0 Å². The number of esters is 2. The van der Waals surface area contributed by atoms with Crippen molar-refractivity contribution in [2.75, 3.05) is 13.2 Å². The Bertz CT molecular complexity index is 863. The lowest BCUT2D eigenvalue weighted by Gasteiger charge is -2.20. The minimum Gasteiger partial charge on any atom is -0.462 e. The van der Waals surface area contributed by atoms with Gasteiger partial charge in [0.15, 0.2) is 0 Å². The van der Waals surface area contributed by atoms with Crippen LogP contribution >= 0.6 is 0 Å². The van der Waals surface area contributed by atoms with Gasteiger partial charge in [0.05, 0.1) is 24.3 Å². The molecular weight excluding hydrogens is 424 g/mol. The summed E-state index contributed by atoms with van der Waals surface area (Å²) >= 11 is 0. The van der Waals surface area contributed by atoms with Gasteiger partial charge in [-0.15, -0.1) is 0 Å². The molecule has 0 spiro atoms. The maximum absolute atomic E-state index is 11.7. The summed E-state index contributed by atoms with van der Waals surface area (Å²) in [6.07, 6.45) is 4.61. The highest BCUT2D eigenvalue weighted by atomic mass is 16.5. The topological polar surface area (TPSA) is 52.6 Å². The summed E-state index contributed by atoms with van der Waals surface area (Å²) in [6.45, 7) is 14.2. The van der Waals surface area contributed by atoms with Crippen LogP contribution in [0.15, 0.2) is 48.5 Å². The molecule has 2 unspecified atom stereocenters. The van der Waals surface area contributed by atoms with E-state index < -0.39 is 0 Å². The van der Waals surface area contributed by atoms with E-state index in [1.54, 1.807) is 12.1 Å². The molecule has 4 nitrogen and oxygen atoms in total. The van der Waals surface area contributed by atoms with Gasteiger partial charge < -0.3 is 9.47 Å². The lowest BCUT2D eigenvalue weighted by atomic mass is 9.87. The quantitative estimate of drug-likeness (QED) is 0.255. The van der Waals surface area contributed by atoms with Crippen LogP contribution in [0.2, 0.25) is 0 Å². The predicted molar refractivity (Wildman–Crippen MR) is 139 cm³/mol. The third-order valence-electron chi connectivity index (χ3n) is 6.03. The molecule has 0 aliphatic heterocycles. The van der Waals surface area contributed by atoms with E-state index in [1.165, 1.54) is 18.4 Å². The summed E-state index contributed by atoms with van der Waals surface area (Å²) in [7, 11) is 0. The van der Waals surface area contributed by atoms with Crippen molar-refractivity contribution in [3.63, 3.8) is 0 Å². The van der Waals surface area contributed by atoms with E-state index in [-0.39, 0.29) is 11.9 Å². The molecule has 0 N–H and O–H groups in total. The molecule has 0 heterocycles. The van der Waals surface area contributed by atoms with E-state index in [4.69, 9.17) is 9.47 Å². The molecule has 0 saturated carbocycles. The molecule has 1 aromatic rings. The third kappa shape index (κ3) is 9.32. The summed E-state index contributed by atoms with van der Waals surface area (Å²) in [5.41, 5.74) is 3.64. The lowest BCUT2D eigenvalue weighted by molar-refractivity contribution is 0.0432. The first-order valence-electron chi connectivity index (χ1n) is 12.7. The summed E-state index contributed by atoms with van der Waals surface area (Å²) in [5.74, 6) is 1.93. The molecule has 3 rings (SSSR count). The molecule has 4 heteroatoms. The molecule has 2 aliphatic rings. The Kier molecular flexibility index (Phi) is 11.3. The van der Waals surface area contributed by atoms with Gasteiger partial charge in [-0.25, -0.2) is 9.59 Å². The Labute approximate surface area is 206 Å². The van der Waals surface area contributed by atoms with Crippen LogP contribution in [0.1, 0.15) is 87.9 Å². The second kappa shape index (κ2) is 13.9. The van der Waals surface area contributed by atoms with Crippen molar-refractivity contribution in [1.29, 1.82) is 0 Å². The molecule has 0 aromatic heterocycles.